The largest absolute Gasteiger partial charge is 0.456 e. The molecule has 0 bridgehead atoms. The third kappa shape index (κ3) is 5.01. The summed E-state index contributed by atoms with van der Waals surface area (Å²) in [5, 5.41) is 4.41. The highest BCUT2D eigenvalue weighted by atomic mass is 16.3. The van der Waals surface area contributed by atoms with E-state index in [1.165, 1.54) is 22.3 Å². The van der Waals surface area contributed by atoms with Crippen LogP contribution in [-0.2, 0) is 5.41 Å². The van der Waals surface area contributed by atoms with Crippen LogP contribution in [0.3, 0.4) is 0 Å². The van der Waals surface area contributed by atoms with E-state index in [0.717, 1.165) is 77.2 Å². The van der Waals surface area contributed by atoms with Gasteiger partial charge in [0, 0.05) is 38.3 Å². The van der Waals surface area contributed by atoms with Crippen LogP contribution in [0.5, 0.6) is 0 Å². The van der Waals surface area contributed by atoms with Gasteiger partial charge in [-0.25, -0.2) is 15.0 Å². The molecule has 0 spiro atoms. The van der Waals surface area contributed by atoms with Gasteiger partial charge in [0.1, 0.15) is 11.2 Å². The van der Waals surface area contributed by atoms with E-state index in [1.54, 1.807) is 0 Å². The van der Waals surface area contributed by atoms with Crippen LogP contribution >= 0.6 is 0 Å². The number of nitrogens with zero attached hydrogens (tertiary/aromatic N) is 4. The molecular formula is C54H36N4O. The molecule has 1 aliphatic rings. The molecule has 59 heavy (non-hydrogen) atoms. The topological polar surface area (TPSA) is 56.7 Å². The Balaban J connectivity index is 1.14. The van der Waals surface area contributed by atoms with E-state index in [2.05, 4.69) is 182 Å². The molecule has 5 nitrogen and oxygen atoms in total. The Morgan fingerprint density at radius 3 is 1.85 bits per heavy atom. The summed E-state index contributed by atoms with van der Waals surface area (Å²) in [7, 11) is 0. The van der Waals surface area contributed by atoms with Crippen molar-refractivity contribution in [2.45, 2.75) is 19.3 Å². The highest BCUT2D eigenvalue weighted by Crippen LogP contribution is 2.50. The number of para-hydroxylation sites is 2. The van der Waals surface area contributed by atoms with Crippen LogP contribution in [0.15, 0.2) is 186 Å². The van der Waals surface area contributed by atoms with Gasteiger partial charge in [0.15, 0.2) is 17.5 Å². The van der Waals surface area contributed by atoms with Crippen molar-refractivity contribution in [1.29, 1.82) is 0 Å². The number of benzene rings is 8. The van der Waals surface area contributed by atoms with Crippen molar-refractivity contribution in [3.8, 4) is 62.1 Å². The van der Waals surface area contributed by atoms with Gasteiger partial charge in [-0.1, -0.05) is 159 Å². The summed E-state index contributed by atoms with van der Waals surface area (Å²) in [5.74, 6) is 1.88. The molecule has 0 atom stereocenters. The lowest BCUT2D eigenvalue weighted by Gasteiger charge is -2.21. The molecule has 0 fully saturated rings. The number of hydrogen-bond donors (Lipinski definition) is 0. The van der Waals surface area contributed by atoms with Crippen molar-refractivity contribution < 1.29 is 4.42 Å². The lowest BCUT2D eigenvalue weighted by molar-refractivity contribution is 0.660. The minimum absolute atomic E-state index is 0.161. The Kier molecular flexibility index (Phi) is 7.20. The molecule has 0 saturated heterocycles. The molecule has 11 aromatic rings. The average molecular weight is 757 g/mol. The normalized spacial score (nSPS) is 13.1. The fourth-order valence-electron chi connectivity index (χ4n) is 9.53. The lowest BCUT2D eigenvalue weighted by Crippen LogP contribution is -2.15. The SMILES string of the molecule is CC1(C)c2ccccc2-c2ccc(-c3nc(-c4ccccc4)nc(-c4cccc5c6ccccc6n(-c6cccc7oc8cccc(-c9ccccc9)c8c67)c45)n3)cc21. The zero-order valence-electron chi connectivity index (χ0n) is 32.5. The maximum Gasteiger partial charge on any atom is 0.166 e. The zero-order chi connectivity index (χ0) is 39.2. The van der Waals surface area contributed by atoms with Crippen LogP contribution in [-0.4, -0.2) is 19.5 Å². The molecule has 0 N–H and O–H groups in total. The first-order valence-corrected chi connectivity index (χ1v) is 20.1. The van der Waals surface area contributed by atoms with E-state index in [-0.39, 0.29) is 5.41 Å². The summed E-state index contributed by atoms with van der Waals surface area (Å²) < 4.78 is 9.03. The van der Waals surface area contributed by atoms with Crippen LogP contribution in [0, 0.1) is 0 Å². The van der Waals surface area contributed by atoms with Gasteiger partial charge in [0.05, 0.1) is 22.1 Å². The molecule has 1 aliphatic carbocycles. The summed E-state index contributed by atoms with van der Waals surface area (Å²) in [6.07, 6.45) is 0. The molecule has 0 radical (unpaired) electrons. The summed E-state index contributed by atoms with van der Waals surface area (Å²) in [4.78, 5) is 15.9. The van der Waals surface area contributed by atoms with E-state index in [0.29, 0.717) is 17.5 Å². The second-order valence-corrected chi connectivity index (χ2v) is 16.0. The van der Waals surface area contributed by atoms with Crippen LogP contribution in [0.4, 0.5) is 0 Å². The monoisotopic (exact) mass is 756 g/mol. The molecule has 3 heterocycles. The van der Waals surface area contributed by atoms with Crippen LogP contribution < -0.4 is 0 Å². The molecule has 278 valence electrons. The Labute approximate surface area is 340 Å². The Bertz CT molecular complexity index is 3470. The van der Waals surface area contributed by atoms with Crippen LogP contribution in [0.2, 0.25) is 0 Å². The Hall–Kier alpha value is -7.63. The van der Waals surface area contributed by atoms with E-state index >= 15 is 0 Å². The summed E-state index contributed by atoms with van der Waals surface area (Å²) >= 11 is 0. The first-order chi connectivity index (χ1) is 29.0. The predicted molar refractivity (Wildman–Crippen MR) is 241 cm³/mol. The second-order valence-electron chi connectivity index (χ2n) is 16.0. The van der Waals surface area contributed by atoms with Gasteiger partial charge in [-0.3, -0.25) is 0 Å². The Morgan fingerprint density at radius 2 is 1.02 bits per heavy atom. The van der Waals surface area contributed by atoms with E-state index in [9.17, 15) is 0 Å². The third-order valence-corrected chi connectivity index (χ3v) is 12.3. The second kappa shape index (κ2) is 12.7. The Morgan fingerprint density at radius 1 is 0.424 bits per heavy atom. The maximum atomic E-state index is 6.64. The standard InChI is InChI=1S/C54H36N4O/c1-54(2)42-25-11-9-20-37(42)38-31-30-35(32-43(38)54)52-55-51(34-18-7-4-8-19-34)56-53(57-52)41-24-13-23-40-39-21-10-12-26-44(39)58(50(40)41)45-27-15-29-47-49(45)48-36(22-14-28-46(48)59-47)33-16-5-3-6-17-33/h3-32H,1-2H3. The predicted octanol–water partition coefficient (Wildman–Crippen LogP) is 13.8. The number of furan rings is 1. The fourth-order valence-corrected chi connectivity index (χ4v) is 9.53. The molecular weight excluding hydrogens is 721 g/mol. The zero-order valence-corrected chi connectivity index (χ0v) is 32.5. The summed E-state index contributed by atoms with van der Waals surface area (Å²) in [6.45, 7) is 4.61. The van der Waals surface area contributed by atoms with Crippen molar-refractivity contribution in [3.05, 3.63) is 193 Å². The molecule has 0 amide bonds. The highest BCUT2D eigenvalue weighted by Gasteiger charge is 2.35. The average Bonchev–Trinajstić information content (AvgIpc) is 3.92. The molecule has 5 heteroatoms. The van der Waals surface area contributed by atoms with Gasteiger partial charge in [0.25, 0.3) is 0 Å². The number of fused-ring (bicyclic) bond motifs is 9. The minimum atomic E-state index is -0.161. The van der Waals surface area contributed by atoms with Crippen LogP contribution in [0.1, 0.15) is 25.0 Å². The first-order valence-electron chi connectivity index (χ1n) is 20.1. The van der Waals surface area contributed by atoms with Gasteiger partial charge >= 0.3 is 0 Å². The van der Waals surface area contributed by atoms with Gasteiger partial charge in [-0.2, -0.15) is 0 Å². The van der Waals surface area contributed by atoms with E-state index < -0.39 is 0 Å². The van der Waals surface area contributed by atoms with Crippen molar-refractivity contribution in [1.82, 2.24) is 19.5 Å². The molecule has 12 rings (SSSR count). The summed E-state index contributed by atoms with van der Waals surface area (Å²) in [6, 6.07) is 64.0. The number of rotatable bonds is 5. The van der Waals surface area contributed by atoms with Gasteiger partial charge in [-0.15, -0.1) is 0 Å². The van der Waals surface area contributed by atoms with Crippen molar-refractivity contribution in [3.63, 3.8) is 0 Å². The van der Waals surface area contributed by atoms with Gasteiger partial charge in [0.2, 0.25) is 0 Å². The molecule has 8 aromatic carbocycles. The first kappa shape index (κ1) is 33.5. The van der Waals surface area contributed by atoms with Crippen molar-refractivity contribution in [2.75, 3.05) is 0 Å². The summed E-state index contributed by atoms with van der Waals surface area (Å²) in [5.41, 5.74) is 14.9. The minimum Gasteiger partial charge on any atom is -0.456 e. The lowest BCUT2D eigenvalue weighted by atomic mass is 9.82. The smallest absolute Gasteiger partial charge is 0.166 e. The highest BCUT2D eigenvalue weighted by molar-refractivity contribution is 6.19. The van der Waals surface area contributed by atoms with Crippen molar-refractivity contribution >= 4 is 43.7 Å². The van der Waals surface area contributed by atoms with Gasteiger partial charge in [-0.05, 0) is 69.8 Å². The van der Waals surface area contributed by atoms with Crippen molar-refractivity contribution in [2.24, 2.45) is 0 Å². The van der Waals surface area contributed by atoms with Gasteiger partial charge < -0.3 is 8.98 Å². The maximum absolute atomic E-state index is 6.64. The van der Waals surface area contributed by atoms with E-state index in [4.69, 9.17) is 19.4 Å². The number of hydrogen-bond acceptors (Lipinski definition) is 4. The fraction of sp³-hybridized carbons (Fsp3) is 0.0556. The molecule has 3 aromatic heterocycles. The quantitative estimate of drug-likeness (QED) is 0.175. The third-order valence-electron chi connectivity index (χ3n) is 12.3. The molecule has 0 aliphatic heterocycles. The molecule has 0 saturated carbocycles. The molecule has 0 unspecified atom stereocenters. The van der Waals surface area contributed by atoms with E-state index in [1.807, 2.05) is 18.2 Å². The van der Waals surface area contributed by atoms with Crippen LogP contribution in [0.25, 0.3) is 106 Å². The number of aromatic nitrogens is 4.